The number of carbonyl (C=O) groups is 1. The molecule has 190 valence electrons. The van der Waals surface area contributed by atoms with E-state index in [4.69, 9.17) is 9.84 Å². The van der Waals surface area contributed by atoms with E-state index in [0.29, 0.717) is 5.57 Å². The summed E-state index contributed by atoms with van der Waals surface area (Å²) in [5.74, 6) is 0.116. The summed E-state index contributed by atoms with van der Waals surface area (Å²) in [7, 11) is 0. The van der Waals surface area contributed by atoms with Gasteiger partial charge in [0.2, 0.25) is 0 Å². The Morgan fingerprint density at radius 1 is 0.912 bits per heavy atom. The lowest BCUT2D eigenvalue weighted by Crippen LogP contribution is -2.20. The van der Waals surface area contributed by atoms with Gasteiger partial charge in [-0.25, -0.2) is 4.79 Å². The van der Waals surface area contributed by atoms with E-state index < -0.39 is 5.97 Å². The fourth-order valence-electron chi connectivity index (χ4n) is 3.87. The van der Waals surface area contributed by atoms with Crippen molar-refractivity contribution in [1.29, 1.82) is 0 Å². The molecule has 0 spiro atoms. The van der Waals surface area contributed by atoms with Gasteiger partial charge in [0.1, 0.15) is 5.75 Å². The van der Waals surface area contributed by atoms with Gasteiger partial charge in [0.25, 0.3) is 0 Å². The molecule has 0 aliphatic carbocycles. The average molecular weight is 469 g/mol. The summed E-state index contributed by atoms with van der Waals surface area (Å²) in [5, 5.41) is 8.90. The Kier molecular flexibility index (Phi) is 11.9. The maximum Gasteiger partial charge on any atom is 0.328 e. The van der Waals surface area contributed by atoms with Gasteiger partial charge >= 0.3 is 5.97 Å². The van der Waals surface area contributed by atoms with Gasteiger partial charge in [-0.3, -0.25) is 0 Å². The number of unbranched alkanes of at least 4 members (excludes halogenated alkanes) is 5. The first-order chi connectivity index (χ1) is 15.8. The molecule has 0 aliphatic heterocycles. The van der Waals surface area contributed by atoms with Crippen LogP contribution in [0.5, 0.6) is 5.75 Å². The van der Waals surface area contributed by atoms with Crippen LogP contribution in [0.4, 0.5) is 0 Å². The first-order valence-corrected chi connectivity index (χ1v) is 12.9. The number of allylic oxidation sites excluding steroid dienone is 5. The number of ether oxygens (including phenoxy) is 1. The van der Waals surface area contributed by atoms with Gasteiger partial charge in [0.05, 0.1) is 6.61 Å². The van der Waals surface area contributed by atoms with Crippen LogP contribution in [0, 0.1) is 0 Å². The largest absolute Gasteiger partial charge is 0.493 e. The zero-order valence-electron chi connectivity index (χ0n) is 23.2. The van der Waals surface area contributed by atoms with Crippen molar-refractivity contribution in [3.8, 4) is 5.75 Å². The predicted octanol–water partition coefficient (Wildman–Crippen LogP) is 9.01. The standard InChI is InChI=1S/C31H48O3/c1-10-11-12-13-14-15-19-34-29-26(30(4,5)6)21-25(22-27(29)31(7,8)9)24(3)18-16-17-23(2)20-28(32)33/h16-18,20-22H,10-15,19H2,1-9H3,(H,32,33)/b17-16?,23-20?,24-18+. The van der Waals surface area contributed by atoms with Crippen LogP contribution in [0.15, 0.2) is 42.0 Å². The minimum atomic E-state index is -0.927. The van der Waals surface area contributed by atoms with Crippen LogP contribution in [0.25, 0.3) is 5.57 Å². The molecule has 0 saturated carbocycles. The first-order valence-electron chi connectivity index (χ1n) is 12.9. The van der Waals surface area contributed by atoms with Crippen molar-refractivity contribution in [2.45, 2.75) is 112 Å². The Labute approximate surface area is 209 Å². The number of carboxylic acids is 1. The smallest absolute Gasteiger partial charge is 0.328 e. The van der Waals surface area contributed by atoms with Crippen LogP contribution in [0.3, 0.4) is 0 Å². The maximum atomic E-state index is 10.8. The normalized spacial score (nSPS) is 13.6. The quantitative estimate of drug-likeness (QED) is 0.189. The van der Waals surface area contributed by atoms with E-state index in [1.165, 1.54) is 54.9 Å². The summed E-state index contributed by atoms with van der Waals surface area (Å²) in [4.78, 5) is 10.8. The molecule has 0 amide bonds. The van der Waals surface area contributed by atoms with E-state index in [9.17, 15) is 4.79 Å². The number of hydrogen-bond donors (Lipinski definition) is 1. The highest BCUT2D eigenvalue weighted by Crippen LogP contribution is 2.42. The fourth-order valence-corrected chi connectivity index (χ4v) is 3.87. The molecule has 1 aromatic carbocycles. The predicted molar refractivity (Wildman–Crippen MR) is 147 cm³/mol. The van der Waals surface area contributed by atoms with Crippen molar-refractivity contribution in [3.63, 3.8) is 0 Å². The molecule has 0 heterocycles. The van der Waals surface area contributed by atoms with E-state index in [0.717, 1.165) is 24.4 Å². The lowest BCUT2D eigenvalue weighted by molar-refractivity contribution is -0.131. The third-order valence-electron chi connectivity index (χ3n) is 5.96. The molecule has 3 heteroatoms. The highest BCUT2D eigenvalue weighted by atomic mass is 16.5. The number of hydrogen-bond acceptors (Lipinski definition) is 2. The van der Waals surface area contributed by atoms with Crippen LogP contribution in [-0.2, 0) is 15.6 Å². The summed E-state index contributed by atoms with van der Waals surface area (Å²) in [6.07, 6.45) is 14.5. The third kappa shape index (κ3) is 10.3. The molecule has 0 bridgehead atoms. The number of carboxylic acid groups (broad SMARTS) is 1. The monoisotopic (exact) mass is 468 g/mol. The summed E-state index contributed by atoms with van der Waals surface area (Å²) in [6, 6.07) is 4.54. The molecule has 0 radical (unpaired) electrons. The van der Waals surface area contributed by atoms with Gasteiger partial charge in [0.15, 0.2) is 0 Å². The number of benzene rings is 1. The molecule has 34 heavy (non-hydrogen) atoms. The van der Waals surface area contributed by atoms with Crippen molar-refractivity contribution in [2.24, 2.45) is 0 Å². The molecule has 1 aromatic rings. The molecule has 3 nitrogen and oxygen atoms in total. The van der Waals surface area contributed by atoms with Crippen molar-refractivity contribution in [3.05, 3.63) is 58.7 Å². The molecule has 0 atom stereocenters. The Hall–Kier alpha value is -2.29. The van der Waals surface area contributed by atoms with Gasteiger partial charge in [-0.15, -0.1) is 0 Å². The molecular formula is C31H48O3. The second-order valence-electron chi connectivity index (χ2n) is 11.5. The molecule has 0 unspecified atom stereocenters. The van der Waals surface area contributed by atoms with Gasteiger partial charge in [-0.05, 0) is 59.9 Å². The second-order valence-corrected chi connectivity index (χ2v) is 11.5. The van der Waals surface area contributed by atoms with Crippen molar-refractivity contribution in [1.82, 2.24) is 0 Å². The van der Waals surface area contributed by atoms with Gasteiger partial charge < -0.3 is 9.84 Å². The zero-order chi connectivity index (χ0) is 25.9. The van der Waals surface area contributed by atoms with Crippen LogP contribution in [0.1, 0.15) is 118 Å². The van der Waals surface area contributed by atoms with Crippen molar-refractivity contribution in [2.75, 3.05) is 6.61 Å². The molecule has 0 aliphatic rings. The minimum Gasteiger partial charge on any atom is -0.493 e. The Morgan fingerprint density at radius 3 is 1.94 bits per heavy atom. The molecule has 1 N–H and O–H groups in total. The minimum absolute atomic E-state index is 0.0522. The van der Waals surface area contributed by atoms with E-state index in [1.54, 1.807) is 6.92 Å². The summed E-state index contributed by atoms with van der Waals surface area (Å²) in [6.45, 7) is 20.4. The molecular weight excluding hydrogens is 420 g/mol. The van der Waals surface area contributed by atoms with Crippen molar-refractivity contribution < 1.29 is 14.6 Å². The second kappa shape index (κ2) is 13.6. The van der Waals surface area contributed by atoms with E-state index in [2.05, 4.69) is 67.5 Å². The SMILES string of the molecule is CCCCCCCCOc1c(C(C)(C)C)cc(/C(C)=C/C=CC(C)=CC(=O)O)cc1C(C)(C)C. The zero-order valence-corrected chi connectivity index (χ0v) is 23.2. The fraction of sp³-hybridized carbons (Fsp3) is 0.581. The average Bonchev–Trinajstić information content (AvgIpc) is 2.70. The molecule has 1 rings (SSSR count). The summed E-state index contributed by atoms with van der Waals surface area (Å²) in [5.41, 5.74) is 5.39. The van der Waals surface area contributed by atoms with Gasteiger partial charge in [-0.2, -0.15) is 0 Å². The third-order valence-corrected chi connectivity index (χ3v) is 5.96. The Bertz CT molecular complexity index is 851. The van der Waals surface area contributed by atoms with Gasteiger partial charge in [-0.1, -0.05) is 98.8 Å². The summed E-state index contributed by atoms with van der Waals surface area (Å²) >= 11 is 0. The van der Waals surface area contributed by atoms with Crippen LogP contribution < -0.4 is 4.74 Å². The lowest BCUT2D eigenvalue weighted by atomic mass is 9.77. The molecule has 0 saturated heterocycles. The van der Waals surface area contributed by atoms with Gasteiger partial charge in [0, 0.05) is 17.2 Å². The van der Waals surface area contributed by atoms with E-state index in [-0.39, 0.29) is 10.8 Å². The lowest BCUT2D eigenvalue weighted by Gasteiger charge is -2.31. The highest BCUT2D eigenvalue weighted by molar-refractivity contribution is 5.81. The van der Waals surface area contributed by atoms with Crippen LogP contribution >= 0.6 is 0 Å². The Balaban J connectivity index is 3.29. The topological polar surface area (TPSA) is 46.5 Å². The molecule has 0 aromatic heterocycles. The van der Waals surface area contributed by atoms with E-state index >= 15 is 0 Å². The molecule has 0 fully saturated rings. The number of rotatable bonds is 12. The Morgan fingerprint density at radius 2 is 1.44 bits per heavy atom. The van der Waals surface area contributed by atoms with Crippen molar-refractivity contribution >= 4 is 11.5 Å². The first kappa shape index (κ1) is 29.7. The number of aliphatic carboxylic acids is 1. The highest BCUT2D eigenvalue weighted by Gasteiger charge is 2.28. The van der Waals surface area contributed by atoms with Crippen LogP contribution in [-0.4, -0.2) is 17.7 Å². The van der Waals surface area contributed by atoms with Crippen LogP contribution in [0.2, 0.25) is 0 Å². The summed E-state index contributed by atoms with van der Waals surface area (Å²) < 4.78 is 6.52. The maximum absolute atomic E-state index is 10.8. The van der Waals surface area contributed by atoms with E-state index in [1.807, 2.05) is 18.2 Å².